The molecule has 1 aromatic heterocycles. The van der Waals surface area contributed by atoms with Gasteiger partial charge >= 0.3 is 6.61 Å². The van der Waals surface area contributed by atoms with Crippen molar-refractivity contribution in [2.45, 2.75) is 13.5 Å². The van der Waals surface area contributed by atoms with Gasteiger partial charge in [0, 0.05) is 11.1 Å². The third-order valence-electron chi connectivity index (χ3n) is 2.49. The number of hydrogen-bond acceptors (Lipinski definition) is 5. The quantitative estimate of drug-likeness (QED) is 0.920. The van der Waals surface area contributed by atoms with Crippen LogP contribution in [-0.2, 0) is 0 Å². The van der Waals surface area contributed by atoms with Gasteiger partial charge in [-0.05, 0) is 19.1 Å². The highest BCUT2D eigenvalue weighted by molar-refractivity contribution is 7.15. The van der Waals surface area contributed by atoms with Gasteiger partial charge < -0.3 is 9.47 Å². The molecule has 21 heavy (non-hydrogen) atoms. The fraction of sp³-hybridized carbons (Fsp3) is 0.231. The summed E-state index contributed by atoms with van der Waals surface area (Å²) in [5.74, 6) is -0.849. The minimum atomic E-state index is -3.06. The second-order valence-corrected chi connectivity index (χ2v) is 5.18. The Morgan fingerprint density at radius 2 is 2.19 bits per heavy atom. The van der Waals surface area contributed by atoms with Gasteiger partial charge in [-0.25, -0.2) is 4.98 Å². The molecule has 0 bridgehead atoms. The molecule has 1 heterocycles. The van der Waals surface area contributed by atoms with E-state index in [2.05, 4.69) is 15.0 Å². The van der Waals surface area contributed by atoms with E-state index in [0.717, 1.165) is 4.88 Å². The number of thiazole rings is 1. The first-order valence-corrected chi connectivity index (χ1v) is 6.68. The van der Waals surface area contributed by atoms with Crippen LogP contribution in [0.5, 0.6) is 11.5 Å². The molecule has 0 aliphatic carbocycles. The van der Waals surface area contributed by atoms with Gasteiger partial charge in [-0.15, -0.1) is 11.3 Å². The zero-order valence-electron chi connectivity index (χ0n) is 11.2. The van der Waals surface area contributed by atoms with Crippen molar-refractivity contribution in [2.75, 3.05) is 12.4 Å². The van der Waals surface area contributed by atoms with Crippen molar-refractivity contribution in [1.29, 1.82) is 0 Å². The van der Waals surface area contributed by atoms with Gasteiger partial charge in [0.05, 0.1) is 12.7 Å². The van der Waals surface area contributed by atoms with Gasteiger partial charge in [0.25, 0.3) is 5.91 Å². The third-order valence-corrected chi connectivity index (χ3v) is 3.32. The molecule has 2 rings (SSSR count). The smallest absolute Gasteiger partial charge is 0.387 e. The molecule has 0 spiro atoms. The maximum Gasteiger partial charge on any atom is 0.387 e. The first-order valence-electron chi connectivity index (χ1n) is 5.87. The molecule has 0 saturated heterocycles. The summed E-state index contributed by atoms with van der Waals surface area (Å²) in [4.78, 5) is 17.1. The number of nitrogens with zero attached hydrogens (tertiary/aromatic N) is 1. The molecule has 0 aliphatic heterocycles. The van der Waals surface area contributed by atoms with Crippen molar-refractivity contribution in [3.05, 3.63) is 34.8 Å². The lowest BCUT2D eigenvalue weighted by Gasteiger charge is -2.13. The topological polar surface area (TPSA) is 60.5 Å². The summed E-state index contributed by atoms with van der Waals surface area (Å²) in [5, 5.41) is 2.91. The fourth-order valence-corrected chi connectivity index (χ4v) is 2.30. The second-order valence-electron chi connectivity index (χ2n) is 3.95. The second kappa shape index (κ2) is 6.49. The van der Waals surface area contributed by atoms with E-state index in [-0.39, 0.29) is 17.1 Å². The lowest BCUT2D eigenvalue weighted by Crippen LogP contribution is -2.15. The minimum absolute atomic E-state index is 0.0532. The van der Waals surface area contributed by atoms with Crippen LogP contribution in [0.3, 0.4) is 0 Å². The number of alkyl halides is 2. The molecule has 1 aromatic carbocycles. The summed E-state index contributed by atoms with van der Waals surface area (Å²) in [6.07, 6.45) is 1.60. The van der Waals surface area contributed by atoms with Crippen molar-refractivity contribution >= 4 is 22.4 Å². The Hall–Kier alpha value is -2.22. The molecule has 5 nitrogen and oxygen atoms in total. The highest BCUT2D eigenvalue weighted by atomic mass is 32.1. The van der Waals surface area contributed by atoms with Gasteiger partial charge in [0.15, 0.2) is 16.6 Å². The Balaban J connectivity index is 2.31. The molecule has 0 radical (unpaired) electrons. The first kappa shape index (κ1) is 15.2. The standard InChI is InChI=1S/C13H12F2N2O3S/c1-7-6-16-13(21-7)17-11(18)8-4-3-5-9(19-2)10(8)20-12(14)15/h3-6,12H,1-2H3,(H,16,17,18). The average molecular weight is 314 g/mol. The number of para-hydroxylation sites is 1. The van der Waals surface area contributed by atoms with Crippen LogP contribution in [0, 0.1) is 6.92 Å². The number of carbonyl (C=O) groups is 1. The van der Waals surface area contributed by atoms with E-state index in [4.69, 9.17) is 4.74 Å². The van der Waals surface area contributed by atoms with Crippen LogP contribution in [-0.4, -0.2) is 24.6 Å². The summed E-state index contributed by atoms with van der Waals surface area (Å²) in [7, 11) is 1.31. The summed E-state index contributed by atoms with van der Waals surface area (Å²) < 4.78 is 34.3. The van der Waals surface area contributed by atoms with E-state index in [1.807, 2.05) is 6.92 Å². The number of ether oxygens (including phenoxy) is 2. The third kappa shape index (κ3) is 3.66. The van der Waals surface area contributed by atoms with E-state index >= 15 is 0 Å². The largest absolute Gasteiger partial charge is 0.493 e. The molecule has 0 atom stereocenters. The number of halogens is 2. The number of methoxy groups -OCH3 is 1. The number of hydrogen-bond donors (Lipinski definition) is 1. The molecular weight excluding hydrogens is 302 g/mol. The molecule has 0 fully saturated rings. The van der Waals surface area contributed by atoms with Gasteiger partial charge in [0.2, 0.25) is 0 Å². The Morgan fingerprint density at radius 1 is 1.43 bits per heavy atom. The zero-order chi connectivity index (χ0) is 15.4. The van der Waals surface area contributed by atoms with Crippen molar-refractivity contribution < 1.29 is 23.0 Å². The van der Waals surface area contributed by atoms with Crippen LogP contribution >= 0.6 is 11.3 Å². The predicted molar refractivity (Wildman–Crippen MR) is 74.4 cm³/mol. The lowest BCUT2D eigenvalue weighted by atomic mass is 10.1. The van der Waals surface area contributed by atoms with Crippen LogP contribution < -0.4 is 14.8 Å². The summed E-state index contributed by atoms with van der Waals surface area (Å²) >= 11 is 1.28. The van der Waals surface area contributed by atoms with Crippen LogP contribution in [0.4, 0.5) is 13.9 Å². The molecule has 0 saturated carbocycles. The van der Waals surface area contributed by atoms with Crippen molar-refractivity contribution in [1.82, 2.24) is 4.98 Å². The summed E-state index contributed by atoms with van der Waals surface area (Å²) in [5.41, 5.74) is -0.0532. The van der Waals surface area contributed by atoms with Gasteiger partial charge in [-0.2, -0.15) is 8.78 Å². The lowest BCUT2D eigenvalue weighted by molar-refractivity contribution is -0.0515. The zero-order valence-corrected chi connectivity index (χ0v) is 12.0. The molecule has 2 aromatic rings. The van der Waals surface area contributed by atoms with E-state index in [1.54, 1.807) is 6.20 Å². The van der Waals surface area contributed by atoms with Crippen molar-refractivity contribution in [3.63, 3.8) is 0 Å². The summed E-state index contributed by atoms with van der Waals surface area (Å²) in [6.45, 7) is -1.22. The van der Waals surface area contributed by atoms with E-state index in [0.29, 0.717) is 5.13 Å². The Bertz CT molecular complexity index is 646. The van der Waals surface area contributed by atoms with Crippen molar-refractivity contribution in [3.8, 4) is 11.5 Å². The molecule has 1 N–H and O–H groups in total. The maximum absolute atomic E-state index is 12.5. The SMILES string of the molecule is COc1cccc(C(=O)Nc2ncc(C)s2)c1OC(F)F. The number of benzene rings is 1. The number of anilines is 1. The highest BCUT2D eigenvalue weighted by Gasteiger charge is 2.20. The van der Waals surface area contributed by atoms with Crippen LogP contribution in [0.15, 0.2) is 24.4 Å². The molecule has 0 unspecified atom stereocenters. The molecule has 1 amide bonds. The normalized spacial score (nSPS) is 10.5. The van der Waals surface area contributed by atoms with Crippen LogP contribution in [0.2, 0.25) is 0 Å². The number of rotatable bonds is 5. The average Bonchev–Trinajstić information content (AvgIpc) is 2.83. The fourth-order valence-electron chi connectivity index (χ4n) is 1.64. The first-order chi connectivity index (χ1) is 10.0. The maximum atomic E-state index is 12.5. The van der Waals surface area contributed by atoms with Crippen molar-refractivity contribution in [2.24, 2.45) is 0 Å². The number of amides is 1. The molecule has 112 valence electrons. The van der Waals surface area contributed by atoms with E-state index < -0.39 is 12.5 Å². The van der Waals surface area contributed by atoms with Crippen LogP contribution in [0.25, 0.3) is 0 Å². The van der Waals surface area contributed by atoms with E-state index in [9.17, 15) is 13.6 Å². The summed E-state index contributed by atoms with van der Waals surface area (Å²) in [6, 6.07) is 4.32. The number of carbonyl (C=O) groups excluding carboxylic acids is 1. The number of aryl methyl sites for hydroxylation is 1. The molecule has 8 heteroatoms. The molecular formula is C13H12F2N2O3S. The highest BCUT2D eigenvalue weighted by Crippen LogP contribution is 2.33. The molecule has 0 aliphatic rings. The monoisotopic (exact) mass is 314 g/mol. The number of aromatic nitrogens is 1. The van der Waals surface area contributed by atoms with E-state index in [1.165, 1.54) is 36.6 Å². The Morgan fingerprint density at radius 3 is 2.76 bits per heavy atom. The van der Waals surface area contributed by atoms with Gasteiger partial charge in [-0.1, -0.05) is 6.07 Å². The Labute approximate surface area is 123 Å². The van der Waals surface area contributed by atoms with Crippen LogP contribution in [0.1, 0.15) is 15.2 Å². The predicted octanol–water partition coefficient (Wildman–Crippen LogP) is 3.31. The minimum Gasteiger partial charge on any atom is -0.493 e. The Kier molecular flexibility index (Phi) is 4.69. The van der Waals surface area contributed by atoms with Gasteiger partial charge in [-0.3, -0.25) is 10.1 Å². The number of nitrogens with one attached hydrogen (secondary N) is 1. The van der Waals surface area contributed by atoms with Gasteiger partial charge in [0.1, 0.15) is 0 Å².